The van der Waals surface area contributed by atoms with Crippen molar-refractivity contribution in [2.24, 2.45) is 0 Å². The summed E-state index contributed by atoms with van der Waals surface area (Å²) < 4.78 is 50.0. The number of esters is 1. The molecule has 0 amide bonds. The maximum absolute atomic E-state index is 13.0. The summed E-state index contributed by atoms with van der Waals surface area (Å²) in [5.41, 5.74) is 1.96. The van der Waals surface area contributed by atoms with Crippen molar-refractivity contribution in [1.29, 1.82) is 0 Å². The normalized spacial score (nSPS) is 12.0. The van der Waals surface area contributed by atoms with E-state index in [1.54, 1.807) is 20.8 Å². The van der Waals surface area contributed by atoms with Crippen LogP contribution in [0.1, 0.15) is 48.0 Å². The minimum Gasteiger partial charge on any atom is -0.476 e. The van der Waals surface area contributed by atoms with Crippen LogP contribution in [0.2, 0.25) is 0 Å². The summed E-state index contributed by atoms with van der Waals surface area (Å²) in [4.78, 5) is 20.2. The van der Waals surface area contributed by atoms with E-state index in [-0.39, 0.29) is 6.61 Å². The number of alkyl halides is 3. The van der Waals surface area contributed by atoms with Crippen LogP contribution < -0.4 is 4.74 Å². The van der Waals surface area contributed by atoms with Gasteiger partial charge in [-0.05, 0) is 63.1 Å². The number of benzene rings is 3. The zero-order valence-electron chi connectivity index (χ0n) is 23.5. The third kappa shape index (κ3) is 8.17. The first-order valence-electron chi connectivity index (χ1n) is 13.3. The molecule has 5 nitrogen and oxygen atoms in total. The number of aryl methyl sites for hydroxylation is 1. The molecular formula is C32H33F3N2O3S. The largest absolute Gasteiger partial charge is 0.476 e. The maximum Gasteiger partial charge on any atom is 0.416 e. The Morgan fingerprint density at radius 2 is 1.49 bits per heavy atom. The van der Waals surface area contributed by atoms with Crippen LogP contribution in [0.4, 0.5) is 13.2 Å². The molecule has 0 unspecified atom stereocenters. The van der Waals surface area contributed by atoms with Gasteiger partial charge in [0.25, 0.3) is 0 Å². The molecule has 0 fully saturated rings. The van der Waals surface area contributed by atoms with Crippen LogP contribution >= 0.6 is 11.3 Å². The van der Waals surface area contributed by atoms with Gasteiger partial charge in [0.2, 0.25) is 0 Å². The van der Waals surface area contributed by atoms with Crippen molar-refractivity contribution in [3.05, 3.63) is 106 Å². The highest BCUT2D eigenvalue weighted by atomic mass is 32.1. The van der Waals surface area contributed by atoms with Gasteiger partial charge in [0.05, 0.1) is 17.9 Å². The number of hydrogen-bond donors (Lipinski definition) is 0. The minimum atomic E-state index is -4.37. The van der Waals surface area contributed by atoms with E-state index in [1.807, 2.05) is 49.4 Å². The van der Waals surface area contributed by atoms with Gasteiger partial charge in [-0.1, -0.05) is 54.6 Å². The van der Waals surface area contributed by atoms with Crippen molar-refractivity contribution >= 4 is 17.3 Å². The van der Waals surface area contributed by atoms with Crippen molar-refractivity contribution in [2.45, 2.75) is 59.1 Å². The fraction of sp³-hybridized carbons (Fsp3) is 0.312. The van der Waals surface area contributed by atoms with Gasteiger partial charge in [-0.2, -0.15) is 13.2 Å². The number of nitrogens with zero attached hydrogens (tertiary/aromatic N) is 2. The summed E-state index contributed by atoms with van der Waals surface area (Å²) in [7, 11) is 0. The Kier molecular flexibility index (Phi) is 9.50. The molecule has 0 N–H and O–H groups in total. The Hall–Kier alpha value is -3.69. The zero-order valence-corrected chi connectivity index (χ0v) is 24.3. The monoisotopic (exact) mass is 582 g/mol. The van der Waals surface area contributed by atoms with E-state index in [0.717, 1.165) is 33.8 Å². The zero-order chi connectivity index (χ0) is 29.6. The lowest BCUT2D eigenvalue weighted by atomic mass is 10.1. The molecule has 0 spiro atoms. The highest BCUT2D eigenvalue weighted by molar-refractivity contribution is 7.15. The van der Waals surface area contributed by atoms with Crippen LogP contribution in [0.15, 0.2) is 78.9 Å². The molecule has 0 radical (unpaired) electrons. The topological polar surface area (TPSA) is 51.7 Å². The number of thiazole rings is 1. The highest BCUT2D eigenvalue weighted by Gasteiger charge is 2.32. The first kappa shape index (κ1) is 30.3. The number of aromatic nitrogens is 1. The average molecular weight is 583 g/mol. The lowest BCUT2D eigenvalue weighted by Crippen LogP contribution is -2.39. The fourth-order valence-corrected chi connectivity index (χ4v) is 5.39. The first-order valence-corrected chi connectivity index (χ1v) is 14.1. The van der Waals surface area contributed by atoms with Gasteiger partial charge in [0.15, 0.2) is 5.60 Å². The van der Waals surface area contributed by atoms with E-state index in [0.29, 0.717) is 36.0 Å². The van der Waals surface area contributed by atoms with E-state index >= 15 is 0 Å². The number of hydrogen-bond acceptors (Lipinski definition) is 6. The van der Waals surface area contributed by atoms with Crippen molar-refractivity contribution in [2.75, 3.05) is 6.61 Å². The number of rotatable bonds is 11. The molecular weight excluding hydrogens is 549 g/mol. The molecule has 0 aliphatic rings. The third-order valence-electron chi connectivity index (χ3n) is 6.44. The minimum absolute atomic E-state index is 0.285. The van der Waals surface area contributed by atoms with E-state index in [1.165, 1.54) is 23.5 Å². The van der Waals surface area contributed by atoms with Crippen LogP contribution in [0.3, 0.4) is 0 Å². The van der Waals surface area contributed by atoms with Crippen molar-refractivity contribution in [3.8, 4) is 16.3 Å². The molecule has 1 aromatic heterocycles. The van der Waals surface area contributed by atoms with E-state index in [2.05, 4.69) is 22.0 Å². The molecule has 9 heteroatoms. The smallest absolute Gasteiger partial charge is 0.416 e. The van der Waals surface area contributed by atoms with E-state index < -0.39 is 23.3 Å². The standard InChI is InChI=1S/C32H33F3N2O3S/c1-5-39-30(38)31(3,4)40-27-17-11-24(12-18-27)20-37(19-23-9-7-6-8-10-23)21-28-22(2)36-29(41-28)25-13-15-26(16-14-25)32(33,34)35/h6-18H,5,19-21H2,1-4H3. The molecule has 0 saturated carbocycles. The Morgan fingerprint density at radius 1 is 0.878 bits per heavy atom. The van der Waals surface area contributed by atoms with Gasteiger partial charge in [-0.3, -0.25) is 4.90 Å². The summed E-state index contributed by atoms with van der Waals surface area (Å²) in [5.74, 6) is 0.148. The molecule has 0 aliphatic heterocycles. The first-order chi connectivity index (χ1) is 19.4. The molecule has 3 aromatic carbocycles. The predicted molar refractivity (Wildman–Crippen MR) is 154 cm³/mol. The molecule has 216 valence electrons. The van der Waals surface area contributed by atoms with Crippen LogP contribution in [-0.2, 0) is 35.3 Å². The summed E-state index contributed by atoms with van der Waals surface area (Å²) in [6, 6.07) is 22.9. The van der Waals surface area contributed by atoms with Crippen LogP contribution in [0, 0.1) is 6.92 Å². The van der Waals surface area contributed by atoms with Gasteiger partial charge >= 0.3 is 12.1 Å². The summed E-state index contributed by atoms with van der Waals surface area (Å²) in [5, 5.41) is 0.691. The second-order valence-electron chi connectivity index (χ2n) is 10.2. The molecule has 4 rings (SSSR count). The number of carbonyl (C=O) groups excluding carboxylic acids is 1. The van der Waals surface area contributed by atoms with Crippen LogP contribution in [0.5, 0.6) is 5.75 Å². The van der Waals surface area contributed by atoms with Gasteiger partial charge in [-0.15, -0.1) is 11.3 Å². The fourth-order valence-electron chi connectivity index (χ4n) is 4.27. The van der Waals surface area contributed by atoms with Crippen molar-refractivity contribution in [3.63, 3.8) is 0 Å². The predicted octanol–water partition coefficient (Wildman–Crippen LogP) is 8.06. The van der Waals surface area contributed by atoms with Gasteiger partial charge in [-0.25, -0.2) is 9.78 Å². The quantitative estimate of drug-likeness (QED) is 0.168. The lowest BCUT2D eigenvalue weighted by Gasteiger charge is -2.25. The van der Waals surface area contributed by atoms with Crippen molar-refractivity contribution in [1.82, 2.24) is 9.88 Å². The Bertz CT molecular complexity index is 1430. The molecule has 0 bridgehead atoms. The van der Waals surface area contributed by atoms with Gasteiger partial charge < -0.3 is 9.47 Å². The third-order valence-corrected chi connectivity index (χ3v) is 7.63. The second kappa shape index (κ2) is 12.9. The van der Waals surface area contributed by atoms with Gasteiger partial charge in [0.1, 0.15) is 10.8 Å². The summed E-state index contributed by atoms with van der Waals surface area (Å²) in [6.45, 7) is 9.28. The Labute approximate surface area is 242 Å². The Balaban J connectivity index is 1.51. The molecule has 0 aliphatic carbocycles. The van der Waals surface area contributed by atoms with E-state index in [9.17, 15) is 18.0 Å². The lowest BCUT2D eigenvalue weighted by molar-refractivity contribution is -0.158. The SMILES string of the molecule is CCOC(=O)C(C)(C)Oc1ccc(CN(Cc2ccccc2)Cc2sc(-c3ccc(C(F)(F)F)cc3)nc2C)cc1. The highest BCUT2D eigenvalue weighted by Crippen LogP contribution is 2.33. The second-order valence-corrected chi connectivity index (χ2v) is 11.3. The van der Waals surface area contributed by atoms with Gasteiger partial charge in [0, 0.05) is 30.1 Å². The van der Waals surface area contributed by atoms with E-state index in [4.69, 9.17) is 9.47 Å². The molecule has 0 saturated heterocycles. The summed E-state index contributed by atoms with van der Waals surface area (Å²) in [6.07, 6.45) is -4.37. The molecule has 41 heavy (non-hydrogen) atoms. The van der Waals surface area contributed by atoms with Crippen LogP contribution in [-0.4, -0.2) is 28.1 Å². The molecule has 1 heterocycles. The molecule has 4 aromatic rings. The average Bonchev–Trinajstić information content (AvgIpc) is 3.29. The number of carbonyl (C=O) groups is 1. The van der Waals surface area contributed by atoms with Crippen molar-refractivity contribution < 1.29 is 27.4 Å². The number of ether oxygens (including phenoxy) is 2. The van der Waals surface area contributed by atoms with Crippen LogP contribution in [0.25, 0.3) is 10.6 Å². The molecule has 0 atom stereocenters. The Morgan fingerprint density at radius 3 is 2.07 bits per heavy atom. The summed E-state index contributed by atoms with van der Waals surface area (Å²) >= 11 is 1.49. The number of halogens is 3. The maximum atomic E-state index is 13.0.